The molecule has 5 N–H and O–H groups in total. The Morgan fingerprint density at radius 1 is 1.40 bits per heavy atom. The molecule has 0 bridgehead atoms. The number of carboxylic acid groups (broad SMARTS) is 1. The first kappa shape index (κ1) is 11.5. The molecule has 1 aromatic carbocycles. The first-order valence-corrected chi connectivity index (χ1v) is 4.15. The van der Waals surface area contributed by atoms with Crippen LogP contribution in [0.5, 0.6) is 0 Å². The molecule has 0 radical (unpaired) electrons. The van der Waals surface area contributed by atoms with Crippen LogP contribution in [0.4, 0.5) is 8.78 Å². The summed E-state index contributed by atoms with van der Waals surface area (Å²) >= 11 is 0. The minimum absolute atomic E-state index is 0.0103. The highest BCUT2D eigenvalue weighted by Gasteiger charge is 2.18. The molecule has 0 aliphatic heterocycles. The Morgan fingerprint density at radius 3 is 2.40 bits per heavy atom. The van der Waals surface area contributed by atoms with Gasteiger partial charge in [0.25, 0.3) is 0 Å². The molecule has 0 saturated carbocycles. The van der Waals surface area contributed by atoms with E-state index in [2.05, 4.69) is 0 Å². The lowest BCUT2D eigenvalue weighted by molar-refractivity contribution is 0.0694. The number of nitrogens with two attached hydrogens (primary N) is 2. The zero-order valence-corrected chi connectivity index (χ0v) is 7.71. The molecule has 0 aliphatic carbocycles. The van der Waals surface area contributed by atoms with Gasteiger partial charge in [-0.2, -0.15) is 0 Å². The van der Waals surface area contributed by atoms with Gasteiger partial charge in [-0.15, -0.1) is 0 Å². The predicted octanol–water partition coefficient (Wildman–Crippen LogP) is 0.622. The van der Waals surface area contributed by atoms with Crippen LogP contribution in [0.25, 0.3) is 0 Å². The Labute approximate surface area is 84.5 Å². The third-order valence-electron chi connectivity index (χ3n) is 1.98. The van der Waals surface area contributed by atoms with Crippen molar-refractivity contribution in [2.75, 3.05) is 6.54 Å². The molecule has 1 atom stereocenters. The molecule has 15 heavy (non-hydrogen) atoms. The summed E-state index contributed by atoms with van der Waals surface area (Å²) in [4.78, 5) is 10.7. The first-order chi connectivity index (χ1) is 6.97. The van der Waals surface area contributed by atoms with Crippen LogP contribution in [0.2, 0.25) is 0 Å². The first-order valence-electron chi connectivity index (χ1n) is 4.15. The van der Waals surface area contributed by atoms with Gasteiger partial charge in [0, 0.05) is 12.6 Å². The summed E-state index contributed by atoms with van der Waals surface area (Å²) < 4.78 is 25.6. The van der Waals surface area contributed by atoms with E-state index in [1.54, 1.807) is 0 Å². The van der Waals surface area contributed by atoms with Crippen LogP contribution < -0.4 is 11.5 Å². The third-order valence-corrected chi connectivity index (χ3v) is 1.98. The fourth-order valence-corrected chi connectivity index (χ4v) is 1.18. The molecule has 0 aromatic heterocycles. The summed E-state index contributed by atoms with van der Waals surface area (Å²) in [5.41, 5.74) is 10.3. The normalized spacial score (nSPS) is 12.5. The molecule has 0 unspecified atom stereocenters. The summed E-state index contributed by atoms with van der Waals surface area (Å²) in [6, 6.07) is 0.532. The fourth-order valence-electron chi connectivity index (χ4n) is 1.18. The number of rotatable bonds is 3. The van der Waals surface area contributed by atoms with Crippen molar-refractivity contribution in [3.63, 3.8) is 0 Å². The quantitative estimate of drug-likeness (QED) is 0.691. The molecule has 1 rings (SSSR count). The molecule has 1 aromatic rings. The molecule has 0 spiro atoms. The van der Waals surface area contributed by atoms with Gasteiger partial charge in [0.15, 0.2) is 11.6 Å². The summed E-state index contributed by atoms with van der Waals surface area (Å²) in [6.07, 6.45) is 0. The van der Waals surface area contributed by atoms with E-state index in [1.807, 2.05) is 0 Å². The van der Waals surface area contributed by atoms with Gasteiger partial charge in [0.2, 0.25) is 0 Å². The minimum atomic E-state index is -1.37. The lowest BCUT2D eigenvalue weighted by Crippen LogP contribution is -2.23. The maximum atomic E-state index is 12.9. The number of hydrogen-bond acceptors (Lipinski definition) is 3. The summed E-state index contributed by atoms with van der Waals surface area (Å²) in [5, 5.41) is 8.74. The van der Waals surface area contributed by atoms with Crippen molar-refractivity contribution in [1.82, 2.24) is 0 Å². The Balaban J connectivity index is 3.34. The van der Waals surface area contributed by atoms with E-state index in [4.69, 9.17) is 16.6 Å². The van der Waals surface area contributed by atoms with Crippen molar-refractivity contribution in [2.24, 2.45) is 11.5 Å². The van der Waals surface area contributed by atoms with Gasteiger partial charge in [0.05, 0.1) is 5.56 Å². The summed E-state index contributed by atoms with van der Waals surface area (Å²) in [6.45, 7) is -0.0502. The van der Waals surface area contributed by atoms with E-state index in [0.29, 0.717) is 6.07 Å². The van der Waals surface area contributed by atoms with Crippen LogP contribution in [0.1, 0.15) is 22.0 Å². The van der Waals surface area contributed by atoms with E-state index in [-0.39, 0.29) is 17.7 Å². The standard InChI is InChI=1S/C9H10F2N2O2/c10-6-1-4(8(13)3-12)5(9(14)15)2-7(6)11/h1-2,8H,3,12-13H2,(H,14,15)/t8-/m0/s1. The van der Waals surface area contributed by atoms with Crippen LogP contribution in [-0.2, 0) is 0 Å². The number of hydrogen-bond donors (Lipinski definition) is 3. The molecule has 6 heteroatoms. The SMILES string of the molecule is NC[C@H](N)c1cc(F)c(F)cc1C(=O)O. The summed E-state index contributed by atoms with van der Waals surface area (Å²) in [7, 11) is 0. The topological polar surface area (TPSA) is 89.3 Å². The second kappa shape index (κ2) is 4.33. The molecule has 0 saturated heterocycles. The Hall–Kier alpha value is -1.53. The second-order valence-electron chi connectivity index (χ2n) is 3.00. The van der Waals surface area contributed by atoms with Crippen molar-refractivity contribution >= 4 is 5.97 Å². The zero-order valence-electron chi connectivity index (χ0n) is 7.71. The average molecular weight is 216 g/mol. The van der Waals surface area contributed by atoms with Gasteiger partial charge in [-0.05, 0) is 17.7 Å². The van der Waals surface area contributed by atoms with Crippen molar-refractivity contribution < 1.29 is 18.7 Å². The average Bonchev–Trinajstić information content (AvgIpc) is 2.20. The number of carbonyl (C=O) groups is 1. The highest BCUT2D eigenvalue weighted by atomic mass is 19.2. The van der Waals surface area contributed by atoms with Crippen molar-refractivity contribution in [3.8, 4) is 0 Å². The van der Waals surface area contributed by atoms with Gasteiger partial charge in [-0.3, -0.25) is 0 Å². The minimum Gasteiger partial charge on any atom is -0.478 e. The van der Waals surface area contributed by atoms with E-state index < -0.39 is 23.6 Å². The van der Waals surface area contributed by atoms with E-state index in [9.17, 15) is 13.6 Å². The Morgan fingerprint density at radius 2 is 1.93 bits per heavy atom. The van der Waals surface area contributed by atoms with E-state index in [1.165, 1.54) is 0 Å². The lowest BCUT2D eigenvalue weighted by atomic mass is 10.0. The molecule has 0 amide bonds. The fraction of sp³-hybridized carbons (Fsp3) is 0.222. The van der Waals surface area contributed by atoms with Crippen molar-refractivity contribution in [1.29, 1.82) is 0 Å². The molecule has 82 valence electrons. The van der Waals surface area contributed by atoms with Gasteiger partial charge in [0.1, 0.15) is 0 Å². The van der Waals surface area contributed by atoms with Crippen LogP contribution in [0.3, 0.4) is 0 Å². The highest BCUT2D eigenvalue weighted by molar-refractivity contribution is 5.89. The molecule has 0 heterocycles. The van der Waals surface area contributed by atoms with Crippen LogP contribution in [0.15, 0.2) is 12.1 Å². The predicted molar refractivity (Wildman–Crippen MR) is 49.3 cm³/mol. The Bertz CT molecular complexity index is 396. The monoisotopic (exact) mass is 216 g/mol. The molecule has 0 aliphatic rings. The van der Waals surface area contributed by atoms with Crippen LogP contribution >= 0.6 is 0 Å². The van der Waals surface area contributed by atoms with Crippen molar-refractivity contribution in [3.05, 3.63) is 34.9 Å². The maximum Gasteiger partial charge on any atom is 0.336 e. The van der Waals surface area contributed by atoms with Gasteiger partial charge in [-0.1, -0.05) is 0 Å². The maximum absolute atomic E-state index is 12.9. The highest BCUT2D eigenvalue weighted by Crippen LogP contribution is 2.19. The number of aromatic carboxylic acids is 1. The van der Waals surface area contributed by atoms with Gasteiger partial charge >= 0.3 is 5.97 Å². The van der Waals surface area contributed by atoms with Crippen molar-refractivity contribution in [2.45, 2.75) is 6.04 Å². The molecule has 4 nitrogen and oxygen atoms in total. The van der Waals surface area contributed by atoms with Crippen LogP contribution in [-0.4, -0.2) is 17.6 Å². The second-order valence-corrected chi connectivity index (χ2v) is 3.00. The molecular formula is C9H10F2N2O2. The largest absolute Gasteiger partial charge is 0.478 e. The number of benzene rings is 1. The molecule has 0 fully saturated rings. The number of carboxylic acids is 1. The number of halogens is 2. The zero-order chi connectivity index (χ0) is 11.6. The van der Waals surface area contributed by atoms with E-state index >= 15 is 0 Å². The van der Waals surface area contributed by atoms with Crippen LogP contribution in [0, 0.1) is 11.6 Å². The van der Waals surface area contributed by atoms with Gasteiger partial charge in [-0.25, -0.2) is 13.6 Å². The lowest BCUT2D eigenvalue weighted by Gasteiger charge is -2.12. The third kappa shape index (κ3) is 2.28. The Kier molecular flexibility index (Phi) is 3.33. The molecular weight excluding hydrogens is 206 g/mol. The van der Waals surface area contributed by atoms with E-state index in [0.717, 1.165) is 6.07 Å². The smallest absolute Gasteiger partial charge is 0.336 e. The summed E-state index contributed by atoms with van der Waals surface area (Å²) in [5.74, 6) is -3.73. The van der Waals surface area contributed by atoms with Gasteiger partial charge < -0.3 is 16.6 Å².